The molecule has 10 atom stereocenters. The number of aliphatic hydroxyl groups is 2. The average Bonchev–Trinajstić information content (AvgIpc) is 3.04. The van der Waals surface area contributed by atoms with Gasteiger partial charge in [0.05, 0.1) is 12.2 Å². The SMILES string of the molecule is CC(CCC(=O)N(C)C)C1CCC2C3CC(O)C4CC(O)CCC4(C)C3CCC12C. The van der Waals surface area contributed by atoms with Gasteiger partial charge in [0.1, 0.15) is 0 Å². The van der Waals surface area contributed by atoms with E-state index in [0.29, 0.717) is 41.4 Å². The van der Waals surface area contributed by atoms with Crippen molar-refractivity contribution in [1.82, 2.24) is 4.90 Å². The summed E-state index contributed by atoms with van der Waals surface area (Å²) in [7, 11) is 3.71. The van der Waals surface area contributed by atoms with Gasteiger partial charge in [0.15, 0.2) is 0 Å². The minimum Gasteiger partial charge on any atom is -0.393 e. The van der Waals surface area contributed by atoms with Crippen LogP contribution < -0.4 is 0 Å². The van der Waals surface area contributed by atoms with Gasteiger partial charge in [0.2, 0.25) is 5.91 Å². The van der Waals surface area contributed by atoms with Crippen LogP contribution in [0.3, 0.4) is 0 Å². The van der Waals surface area contributed by atoms with E-state index < -0.39 is 0 Å². The molecule has 0 aromatic carbocycles. The second-order valence-electron chi connectivity index (χ2n) is 12.3. The Morgan fingerprint density at radius 3 is 2.33 bits per heavy atom. The fourth-order valence-electron chi connectivity index (χ4n) is 9.03. The molecule has 1 amide bonds. The van der Waals surface area contributed by atoms with Crippen molar-refractivity contribution in [3.8, 4) is 0 Å². The van der Waals surface area contributed by atoms with E-state index in [1.54, 1.807) is 4.90 Å². The van der Waals surface area contributed by atoms with Gasteiger partial charge in [-0.15, -0.1) is 0 Å². The maximum absolute atomic E-state index is 12.1. The first-order chi connectivity index (χ1) is 14.1. The number of carbonyl (C=O) groups excluding carboxylic acids is 1. The first-order valence-electron chi connectivity index (χ1n) is 12.6. The van der Waals surface area contributed by atoms with E-state index in [9.17, 15) is 15.0 Å². The Bertz CT molecular complexity index is 650. The summed E-state index contributed by atoms with van der Waals surface area (Å²) >= 11 is 0. The van der Waals surface area contributed by atoms with Crippen LogP contribution in [0.5, 0.6) is 0 Å². The summed E-state index contributed by atoms with van der Waals surface area (Å²) < 4.78 is 0. The maximum Gasteiger partial charge on any atom is 0.222 e. The molecule has 0 aromatic heterocycles. The molecule has 0 radical (unpaired) electrons. The average molecular weight is 420 g/mol. The van der Waals surface area contributed by atoms with Crippen LogP contribution in [0.15, 0.2) is 0 Å². The Hall–Kier alpha value is -0.610. The van der Waals surface area contributed by atoms with Gasteiger partial charge in [-0.05, 0) is 104 Å². The van der Waals surface area contributed by atoms with Crippen molar-refractivity contribution < 1.29 is 15.0 Å². The number of carbonyl (C=O) groups is 1. The van der Waals surface area contributed by atoms with Crippen molar-refractivity contribution in [3.05, 3.63) is 0 Å². The molecule has 4 fully saturated rings. The summed E-state index contributed by atoms with van der Waals surface area (Å²) in [6, 6.07) is 0. The summed E-state index contributed by atoms with van der Waals surface area (Å²) in [4.78, 5) is 13.8. The van der Waals surface area contributed by atoms with Gasteiger partial charge in [-0.1, -0.05) is 20.8 Å². The lowest BCUT2D eigenvalue weighted by Gasteiger charge is -2.62. The lowest BCUT2D eigenvalue weighted by molar-refractivity contribution is -0.172. The number of nitrogens with zero attached hydrogens (tertiary/aromatic N) is 1. The lowest BCUT2D eigenvalue weighted by atomic mass is 9.44. The normalized spacial score (nSPS) is 49.0. The molecule has 172 valence electrons. The summed E-state index contributed by atoms with van der Waals surface area (Å²) in [6.45, 7) is 7.36. The highest BCUT2D eigenvalue weighted by Gasteiger charge is 2.62. The van der Waals surface area contributed by atoms with Crippen LogP contribution in [0.4, 0.5) is 0 Å². The topological polar surface area (TPSA) is 60.8 Å². The zero-order valence-electron chi connectivity index (χ0n) is 19.9. The van der Waals surface area contributed by atoms with Gasteiger partial charge >= 0.3 is 0 Å². The highest BCUT2D eigenvalue weighted by Crippen LogP contribution is 2.68. The molecule has 2 N–H and O–H groups in total. The molecule has 4 aliphatic carbocycles. The molecule has 0 spiro atoms. The monoisotopic (exact) mass is 419 g/mol. The molecule has 4 nitrogen and oxygen atoms in total. The predicted molar refractivity (Wildman–Crippen MR) is 120 cm³/mol. The number of aliphatic hydroxyl groups excluding tert-OH is 2. The minimum absolute atomic E-state index is 0.199. The number of hydrogen-bond donors (Lipinski definition) is 2. The van der Waals surface area contributed by atoms with Gasteiger partial charge in [-0.25, -0.2) is 0 Å². The largest absolute Gasteiger partial charge is 0.393 e. The molecule has 0 aromatic rings. The first kappa shape index (κ1) is 22.6. The van der Waals surface area contributed by atoms with Gasteiger partial charge < -0.3 is 15.1 Å². The zero-order valence-corrected chi connectivity index (χ0v) is 19.9. The van der Waals surface area contributed by atoms with Crippen molar-refractivity contribution in [2.75, 3.05) is 14.1 Å². The van der Waals surface area contributed by atoms with Gasteiger partial charge in [-0.2, -0.15) is 0 Å². The third-order valence-electron chi connectivity index (χ3n) is 10.7. The summed E-state index contributed by atoms with van der Waals surface area (Å²) in [5, 5.41) is 21.4. The van der Waals surface area contributed by atoms with Crippen molar-refractivity contribution in [3.63, 3.8) is 0 Å². The molecule has 0 bridgehead atoms. The van der Waals surface area contributed by atoms with Crippen molar-refractivity contribution in [2.45, 2.75) is 97.2 Å². The Balaban J connectivity index is 1.50. The van der Waals surface area contributed by atoms with Crippen LogP contribution in [0.1, 0.15) is 85.0 Å². The van der Waals surface area contributed by atoms with Crippen LogP contribution >= 0.6 is 0 Å². The van der Waals surface area contributed by atoms with Gasteiger partial charge in [0.25, 0.3) is 0 Å². The van der Waals surface area contributed by atoms with Crippen molar-refractivity contribution in [1.29, 1.82) is 0 Å². The molecule has 4 aliphatic rings. The number of hydrogen-bond acceptors (Lipinski definition) is 3. The molecular weight excluding hydrogens is 374 g/mol. The Labute approximate surface area is 183 Å². The Morgan fingerprint density at radius 2 is 1.63 bits per heavy atom. The molecule has 10 unspecified atom stereocenters. The summed E-state index contributed by atoms with van der Waals surface area (Å²) in [5.41, 5.74) is 0.559. The van der Waals surface area contributed by atoms with Crippen LogP contribution in [0, 0.1) is 46.3 Å². The number of rotatable bonds is 4. The second kappa shape index (κ2) is 8.06. The molecule has 0 aliphatic heterocycles. The third-order valence-corrected chi connectivity index (χ3v) is 10.7. The van der Waals surface area contributed by atoms with Crippen molar-refractivity contribution >= 4 is 5.91 Å². The van der Waals surface area contributed by atoms with Crippen LogP contribution in [-0.4, -0.2) is 47.3 Å². The molecule has 0 saturated heterocycles. The van der Waals surface area contributed by atoms with E-state index in [-0.39, 0.29) is 29.4 Å². The van der Waals surface area contributed by atoms with Crippen LogP contribution in [0.2, 0.25) is 0 Å². The minimum atomic E-state index is -0.247. The third kappa shape index (κ3) is 3.54. The van der Waals surface area contributed by atoms with Gasteiger partial charge in [-0.3, -0.25) is 4.79 Å². The maximum atomic E-state index is 12.1. The van der Waals surface area contributed by atoms with E-state index in [2.05, 4.69) is 20.8 Å². The first-order valence-corrected chi connectivity index (χ1v) is 12.6. The fourth-order valence-corrected chi connectivity index (χ4v) is 9.03. The lowest BCUT2D eigenvalue weighted by Crippen LogP contribution is -2.58. The highest BCUT2D eigenvalue weighted by molar-refractivity contribution is 5.75. The zero-order chi connectivity index (χ0) is 21.8. The van der Waals surface area contributed by atoms with E-state index in [4.69, 9.17) is 0 Å². The quantitative estimate of drug-likeness (QED) is 0.706. The summed E-state index contributed by atoms with van der Waals surface area (Å²) in [5.74, 6) is 3.87. The molecule has 4 saturated carbocycles. The van der Waals surface area contributed by atoms with E-state index in [1.807, 2.05) is 14.1 Å². The number of amides is 1. The Kier molecular flexibility index (Phi) is 6.07. The van der Waals surface area contributed by atoms with Gasteiger partial charge in [0, 0.05) is 20.5 Å². The molecule has 30 heavy (non-hydrogen) atoms. The molecule has 4 rings (SSSR count). The van der Waals surface area contributed by atoms with E-state index in [1.165, 1.54) is 25.7 Å². The van der Waals surface area contributed by atoms with Crippen LogP contribution in [-0.2, 0) is 4.79 Å². The standard InChI is InChI=1S/C26H45NO3/c1-16(6-9-24(30)27(4)5)19-7-8-20-18-15-23(29)22-14-17(28)10-12-26(22,3)21(18)11-13-25(19,20)2/h16-23,28-29H,6-15H2,1-5H3. The fraction of sp³-hybridized carbons (Fsp3) is 0.962. The Morgan fingerprint density at radius 1 is 0.967 bits per heavy atom. The highest BCUT2D eigenvalue weighted by atomic mass is 16.3. The molecule has 4 heteroatoms. The predicted octanol–water partition coefficient (Wildman–Crippen LogP) is 4.48. The van der Waals surface area contributed by atoms with Crippen LogP contribution in [0.25, 0.3) is 0 Å². The summed E-state index contributed by atoms with van der Waals surface area (Å²) in [6.07, 6.45) is 10.1. The molecule has 0 heterocycles. The van der Waals surface area contributed by atoms with E-state index in [0.717, 1.165) is 32.1 Å². The van der Waals surface area contributed by atoms with E-state index >= 15 is 0 Å². The smallest absolute Gasteiger partial charge is 0.222 e. The molecular formula is C26H45NO3. The van der Waals surface area contributed by atoms with Crippen molar-refractivity contribution in [2.24, 2.45) is 46.3 Å². The number of fused-ring (bicyclic) bond motifs is 5. The second-order valence-corrected chi connectivity index (χ2v) is 12.3.